The van der Waals surface area contributed by atoms with Gasteiger partial charge in [0, 0.05) is 16.6 Å². The second kappa shape index (κ2) is 5.41. The van der Waals surface area contributed by atoms with Crippen molar-refractivity contribution in [2.45, 2.75) is 13.5 Å². The van der Waals surface area contributed by atoms with E-state index in [1.165, 1.54) is 6.07 Å². The quantitative estimate of drug-likeness (QED) is 0.846. The fraction of sp³-hybridized carbons (Fsp3) is 0.167. The zero-order valence-corrected chi connectivity index (χ0v) is 11.4. The fourth-order valence-corrected chi connectivity index (χ4v) is 2.32. The predicted molar refractivity (Wildman–Crippen MR) is 76.5 cm³/mol. The molecule has 94 valence electrons. The largest absolute Gasteiger partial charge is 0.389 e. The van der Waals surface area contributed by atoms with E-state index >= 15 is 0 Å². The number of nitrogens with zero attached hydrogens (tertiary/aromatic N) is 1. The predicted octanol–water partition coefficient (Wildman–Crippen LogP) is 2.84. The summed E-state index contributed by atoms with van der Waals surface area (Å²) in [4.78, 5) is 5.53. The summed E-state index contributed by atoms with van der Waals surface area (Å²) in [6.45, 7) is 2.49. The standard InChI is InChI=1S/C12H12FN3S2/c1-7-5-16-11(18-7)6-15-10-3-2-8(12(14)17)4-9(10)13/h2-5,15H,6H2,1H3,(H2,14,17). The van der Waals surface area contributed by atoms with E-state index in [-0.39, 0.29) is 10.8 Å². The molecule has 0 atom stereocenters. The Hall–Kier alpha value is -1.53. The smallest absolute Gasteiger partial charge is 0.146 e. The molecule has 0 radical (unpaired) electrons. The van der Waals surface area contributed by atoms with Crippen molar-refractivity contribution in [3.05, 3.63) is 45.7 Å². The lowest BCUT2D eigenvalue weighted by molar-refractivity contribution is 0.630. The second-order valence-corrected chi connectivity index (χ2v) is 5.54. The van der Waals surface area contributed by atoms with Crippen molar-refractivity contribution in [2.24, 2.45) is 5.73 Å². The van der Waals surface area contributed by atoms with Gasteiger partial charge in [0.2, 0.25) is 0 Å². The molecule has 0 saturated heterocycles. The average molecular weight is 281 g/mol. The normalized spacial score (nSPS) is 10.3. The van der Waals surface area contributed by atoms with Gasteiger partial charge in [0.25, 0.3) is 0 Å². The molecule has 1 aromatic heterocycles. The van der Waals surface area contributed by atoms with Crippen LogP contribution in [0, 0.1) is 12.7 Å². The Morgan fingerprint density at radius 3 is 2.89 bits per heavy atom. The van der Waals surface area contributed by atoms with Gasteiger partial charge in [-0.25, -0.2) is 9.37 Å². The maximum absolute atomic E-state index is 13.7. The van der Waals surface area contributed by atoms with Crippen LogP contribution >= 0.6 is 23.6 Å². The van der Waals surface area contributed by atoms with Gasteiger partial charge in [0.05, 0.1) is 12.2 Å². The minimum absolute atomic E-state index is 0.191. The van der Waals surface area contributed by atoms with Crippen molar-refractivity contribution in [1.29, 1.82) is 0 Å². The molecule has 0 aliphatic carbocycles. The second-order valence-electron chi connectivity index (χ2n) is 3.78. The van der Waals surface area contributed by atoms with E-state index in [1.807, 2.05) is 6.92 Å². The van der Waals surface area contributed by atoms with Gasteiger partial charge in [0.15, 0.2) is 0 Å². The Labute approximate surface area is 114 Å². The number of aromatic nitrogens is 1. The van der Waals surface area contributed by atoms with Crippen LogP contribution in [0.1, 0.15) is 15.4 Å². The van der Waals surface area contributed by atoms with Gasteiger partial charge in [-0.2, -0.15) is 0 Å². The maximum Gasteiger partial charge on any atom is 0.146 e. The van der Waals surface area contributed by atoms with Crippen LogP contribution in [0.25, 0.3) is 0 Å². The molecule has 0 fully saturated rings. The highest BCUT2D eigenvalue weighted by atomic mass is 32.1. The molecule has 0 bridgehead atoms. The van der Waals surface area contributed by atoms with Gasteiger partial charge in [0.1, 0.15) is 15.8 Å². The van der Waals surface area contributed by atoms with Gasteiger partial charge in [-0.15, -0.1) is 11.3 Å². The zero-order chi connectivity index (χ0) is 13.1. The molecule has 3 nitrogen and oxygen atoms in total. The maximum atomic E-state index is 13.7. The summed E-state index contributed by atoms with van der Waals surface area (Å²) in [6.07, 6.45) is 1.80. The molecule has 2 rings (SSSR count). The molecule has 1 aromatic carbocycles. The van der Waals surface area contributed by atoms with Crippen LogP contribution in [-0.2, 0) is 6.54 Å². The number of aryl methyl sites for hydroxylation is 1. The molecule has 3 N–H and O–H groups in total. The summed E-state index contributed by atoms with van der Waals surface area (Å²) >= 11 is 6.38. The van der Waals surface area contributed by atoms with E-state index in [9.17, 15) is 4.39 Å². The van der Waals surface area contributed by atoms with E-state index in [0.29, 0.717) is 17.8 Å². The molecule has 0 spiro atoms. The van der Waals surface area contributed by atoms with E-state index in [1.54, 1.807) is 29.7 Å². The Bertz CT molecular complexity index is 580. The van der Waals surface area contributed by atoms with Crippen molar-refractivity contribution in [3.63, 3.8) is 0 Å². The average Bonchev–Trinajstić information content (AvgIpc) is 2.73. The summed E-state index contributed by atoms with van der Waals surface area (Å²) in [7, 11) is 0. The molecular weight excluding hydrogens is 269 g/mol. The van der Waals surface area contributed by atoms with E-state index in [4.69, 9.17) is 18.0 Å². The first-order valence-electron chi connectivity index (χ1n) is 5.31. The number of thiocarbonyl (C=S) groups is 1. The van der Waals surface area contributed by atoms with Crippen molar-refractivity contribution < 1.29 is 4.39 Å². The highest BCUT2D eigenvalue weighted by Gasteiger charge is 2.06. The molecule has 0 amide bonds. The van der Waals surface area contributed by atoms with Gasteiger partial charge >= 0.3 is 0 Å². The lowest BCUT2D eigenvalue weighted by Crippen LogP contribution is -2.10. The Morgan fingerprint density at radius 2 is 2.33 bits per heavy atom. The van der Waals surface area contributed by atoms with Crippen molar-refractivity contribution in [1.82, 2.24) is 4.98 Å². The lowest BCUT2D eigenvalue weighted by atomic mass is 10.2. The van der Waals surface area contributed by atoms with Crippen molar-refractivity contribution in [2.75, 3.05) is 5.32 Å². The topological polar surface area (TPSA) is 50.9 Å². The minimum Gasteiger partial charge on any atom is -0.389 e. The third kappa shape index (κ3) is 3.02. The molecule has 1 heterocycles. The first kappa shape index (κ1) is 12.9. The number of hydrogen-bond acceptors (Lipinski definition) is 4. The Balaban J connectivity index is 2.08. The zero-order valence-electron chi connectivity index (χ0n) is 9.74. The van der Waals surface area contributed by atoms with Gasteiger partial charge in [-0.3, -0.25) is 0 Å². The summed E-state index contributed by atoms with van der Waals surface area (Å²) in [6, 6.07) is 4.66. The van der Waals surface area contributed by atoms with Crippen LogP contribution in [0.5, 0.6) is 0 Å². The number of hydrogen-bond donors (Lipinski definition) is 2. The van der Waals surface area contributed by atoms with Crippen LogP contribution in [0.3, 0.4) is 0 Å². The minimum atomic E-state index is -0.367. The highest BCUT2D eigenvalue weighted by Crippen LogP contribution is 2.18. The summed E-state index contributed by atoms with van der Waals surface area (Å²) in [5, 5.41) is 3.92. The Morgan fingerprint density at radius 1 is 1.56 bits per heavy atom. The molecular formula is C12H12FN3S2. The number of rotatable bonds is 4. The number of nitrogens with one attached hydrogen (secondary N) is 1. The summed E-state index contributed by atoms with van der Waals surface area (Å²) in [5.74, 6) is -0.367. The number of halogens is 1. The number of anilines is 1. The van der Waals surface area contributed by atoms with Crippen LogP contribution in [0.2, 0.25) is 0 Å². The number of benzene rings is 1. The number of thiazole rings is 1. The fourth-order valence-electron chi connectivity index (χ4n) is 1.47. The van der Waals surface area contributed by atoms with E-state index in [0.717, 1.165) is 9.88 Å². The molecule has 0 aliphatic rings. The van der Waals surface area contributed by atoms with E-state index < -0.39 is 0 Å². The van der Waals surface area contributed by atoms with Gasteiger partial charge < -0.3 is 11.1 Å². The Kier molecular flexibility index (Phi) is 3.88. The summed E-state index contributed by atoms with van der Waals surface area (Å²) < 4.78 is 13.7. The first-order chi connectivity index (χ1) is 8.56. The van der Waals surface area contributed by atoms with Crippen molar-refractivity contribution >= 4 is 34.2 Å². The highest BCUT2D eigenvalue weighted by molar-refractivity contribution is 7.80. The van der Waals surface area contributed by atoms with E-state index in [2.05, 4.69) is 10.3 Å². The molecule has 0 aliphatic heterocycles. The molecule has 6 heteroatoms. The van der Waals surface area contributed by atoms with Crippen LogP contribution < -0.4 is 11.1 Å². The molecule has 0 unspecified atom stereocenters. The number of nitrogens with two attached hydrogens (primary N) is 1. The van der Waals surface area contributed by atoms with Gasteiger partial charge in [-0.1, -0.05) is 12.2 Å². The van der Waals surface area contributed by atoms with Crippen LogP contribution in [0.15, 0.2) is 24.4 Å². The van der Waals surface area contributed by atoms with Crippen LogP contribution in [-0.4, -0.2) is 9.97 Å². The molecule has 18 heavy (non-hydrogen) atoms. The molecule has 0 saturated carbocycles. The SMILES string of the molecule is Cc1cnc(CNc2ccc(C(N)=S)cc2F)s1. The van der Waals surface area contributed by atoms with Crippen molar-refractivity contribution in [3.8, 4) is 0 Å². The third-order valence-corrected chi connectivity index (χ3v) is 3.50. The monoisotopic (exact) mass is 281 g/mol. The summed E-state index contributed by atoms with van der Waals surface area (Å²) in [5.41, 5.74) is 6.38. The first-order valence-corrected chi connectivity index (χ1v) is 6.53. The molecule has 2 aromatic rings. The third-order valence-electron chi connectivity index (χ3n) is 2.35. The lowest BCUT2D eigenvalue weighted by Gasteiger charge is -2.07. The van der Waals surface area contributed by atoms with Gasteiger partial charge in [-0.05, 0) is 25.1 Å². The van der Waals surface area contributed by atoms with Crippen LogP contribution in [0.4, 0.5) is 10.1 Å².